The van der Waals surface area contributed by atoms with Gasteiger partial charge in [0.05, 0.1) is 7.11 Å². The van der Waals surface area contributed by atoms with Crippen molar-refractivity contribution in [3.63, 3.8) is 0 Å². The Kier molecular flexibility index (Phi) is 5.66. The van der Waals surface area contributed by atoms with Gasteiger partial charge in [0.1, 0.15) is 5.75 Å². The second-order valence-corrected chi connectivity index (χ2v) is 5.77. The van der Waals surface area contributed by atoms with Crippen LogP contribution in [0.4, 0.5) is 0 Å². The molecule has 0 aliphatic heterocycles. The lowest BCUT2D eigenvalue weighted by Gasteiger charge is -2.18. The molecule has 2 aromatic rings. The van der Waals surface area contributed by atoms with Crippen LogP contribution in [0.15, 0.2) is 42.5 Å². The van der Waals surface area contributed by atoms with Crippen LogP contribution in [-0.2, 0) is 12.8 Å². The summed E-state index contributed by atoms with van der Waals surface area (Å²) in [6.07, 6.45) is 1.90. The van der Waals surface area contributed by atoms with E-state index in [1.807, 2.05) is 25.2 Å². The minimum Gasteiger partial charge on any atom is -0.496 e. The predicted octanol–water partition coefficient (Wildman–Crippen LogP) is 4.03. The first-order valence-corrected chi connectivity index (χ1v) is 7.55. The van der Waals surface area contributed by atoms with Gasteiger partial charge in [-0.3, -0.25) is 0 Å². The molecular formula is C18H22ClNO. The summed E-state index contributed by atoms with van der Waals surface area (Å²) in [6, 6.07) is 14.7. The average Bonchev–Trinajstić information content (AvgIpc) is 2.49. The number of benzene rings is 2. The Bertz CT molecular complexity index is 580. The highest BCUT2D eigenvalue weighted by molar-refractivity contribution is 6.30. The second kappa shape index (κ2) is 7.48. The number of aryl methyl sites for hydroxylation is 1. The van der Waals surface area contributed by atoms with Crippen LogP contribution < -0.4 is 10.1 Å². The molecule has 2 nitrogen and oxygen atoms in total. The predicted molar refractivity (Wildman–Crippen MR) is 89.4 cm³/mol. The van der Waals surface area contributed by atoms with Gasteiger partial charge in [0, 0.05) is 11.1 Å². The van der Waals surface area contributed by atoms with Crippen LogP contribution in [0.3, 0.4) is 0 Å². The monoisotopic (exact) mass is 303 g/mol. The lowest BCUT2D eigenvalue weighted by atomic mass is 9.97. The van der Waals surface area contributed by atoms with E-state index in [1.165, 1.54) is 16.7 Å². The molecule has 0 saturated carbocycles. The maximum Gasteiger partial charge on any atom is 0.122 e. The molecule has 0 amide bonds. The molecule has 3 heteroatoms. The summed E-state index contributed by atoms with van der Waals surface area (Å²) in [7, 11) is 3.73. The zero-order chi connectivity index (χ0) is 15.2. The van der Waals surface area contributed by atoms with Gasteiger partial charge >= 0.3 is 0 Å². The van der Waals surface area contributed by atoms with Crippen molar-refractivity contribution in [2.45, 2.75) is 25.8 Å². The van der Waals surface area contributed by atoms with Gasteiger partial charge < -0.3 is 10.1 Å². The van der Waals surface area contributed by atoms with E-state index in [1.54, 1.807) is 7.11 Å². The number of hydrogen-bond acceptors (Lipinski definition) is 2. The minimum absolute atomic E-state index is 0.363. The van der Waals surface area contributed by atoms with Crippen molar-refractivity contribution in [1.82, 2.24) is 5.32 Å². The molecule has 0 aliphatic rings. The SMILES string of the molecule is CNC(Cc1ccc(Cl)cc1)Cc1cc(C)ccc1OC. The molecule has 0 saturated heterocycles. The van der Waals surface area contributed by atoms with Crippen molar-refractivity contribution in [3.8, 4) is 5.75 Å². The van der Waals surface area contributed by atoms with Crippen molar-refractivity contribution >= 4 is 11.6 Å². The fourth-order valence-corrected chi connectivity index (χ4v) is 2.64. The number of rotatable bonds is 6. The quantitative estimate of drug-likeness (QED) is 0.870. The number of likely N-dealkylation sites (N-methyl/N-ethyl adjacent to an activating group) is 1. The molecule has 0 aliphatic carbocycles. The van der Waals surface area contributed by atoms with Crippen LogP contribution in [0.25, 0.3) is 0 Å². The Labute approximate surface area is 132 Å². The molecule has 0 bridgehead atoms. The Balaban J connectivity index is 2.11. The first-order valence-electron chi connectivity index (χ1n) is 7.17. The largest absolute Gasteiger partial charge is 0.496 e. The smallest absolute Gasteiger partial charge is 0.122 e. The summed E-state index contributed by atoms with van der Waals surface area (Å²) in [6.45, 7) is 2.11. The van der Waals surface area contributed by atoms with Gasteiger partial charge in [-0.2, -0.15) is 0 Å². The Morgan fingerprint density at radius 1 is 1.10 bits per heavy atom. The highest BCUT2D eigenvalue weighted by Gasteiger charge is 2.12. The molecule has 1 atom stereocenters. The van der Waals surface area contributed by atoms with E-state index >= 15 is 0 Å². The summed E-state index contributed by atoms with van der Waals surface area (Å²) >= 11 is 5.94. The van der Waals surface area contributed by atoms with E-state index < -0.39 is 0 Å². The van der Waals surface area contributed by atoms with E-state index in [9.17, 15) is 0 Å². The molecule has 2 aromatic carbocycles. The Morgan fingerprint density at radius 3 is 2.43 bits per heavy atom. The molecule has 0 heterocycles. The Morgan fingerprint density at radius 2 is 1.81 bits per heavy atom. The zero-order valence-electron chi connectivity index (χ0n) is 12.8. The number of methoxy groups -OCH3 is 1. The molecule has 0 radical (unpaired) electrons. The number of halogens is 1. The molecule has 21 heavy (non-hydrogen) atoms. The highest BCUT2D eigenvalue weighted by Crippen LogP contribution is 2.22. The summed E-state index contributed by atoms with van der Waals surface area (Å²) in [5, 5.41) is 4.17. The maximum atomic E-state index is 5.94. The molecule has 112 valence electrons. The van der Waals surface area contributed by atoms with E-state index in [0.29, 0.717) is 6.04 Å². The van der Waals surface area contributed by atoms with E-state index in [-0.39, 0.29) is 0 Å². The van der Waals surface area contributed by atoms with Gasteiger partial charge in [-0.1, -0.05) is 41.4 Å². The van der Waals surface area contributed by atoms with Crippen molar-refractivity contribution in [1.29, 1.82) is 0 Å². The van der Waals surface area contributed by atoms with Crippen LogP contribution in [0.1, 0.15) is 16.7 Å². The van der Waals surface area contributed by atoms with Crippen molar-refractivity contribution < 1.29 is 4.74 Å². The second-order valence-electron chi connectivity index (χ2n) is 5.34. The van der Waals surface area contributed by atoms with Crippen LogP contribution >= 0.6 is 11.6 Å². The molecule has 0 spiro atoms. The molecular weight excluding hydrogens is 282 g/mol. The van der Waals surface area contributed by atoms with Crippen molar-refractivity contribution in [3.05, 3.63) is 64.2 Å². The fraction of sp³-hybridized carbons (Fsp3) is 0.333. The molecule has 1 N–H and O–H groups in total. The fourth-order valence-electron chi connectivity index (χ4n) is 2.51. The average molecular weight is 304 g/mol. The standard InChI is InChI=1S/C18H22ClNO/c1-13-4-9-18(21-3)15(10-13)12-17(20-2)11-14-5-7-16(19)8-6-14/h4-10,17,20H,11-12H2,1-3H3. The molecule has 0 fully saturated rings. The Hall–Kier alpha value is -1.51. The summed E-state index contributed by atoms with van der Waals surface area (Å²) in [4.78, 5) is 0. The lowest BCUT2D eigenvalue weighted by molar-refractivity contribution is 0.405. The number of ether oxygens (including phenoxy) is 1. The van der Waals surface area contributed by atoms with Crippen LogP contribution in [0.5, 0.6) is 5.75 Å². The summed E-state index contributed by atoms with van der Waals surface area (Å²) in [5.41, 5.74) is 3.78. The summed E-state index contributed by atoms with van der Waals surface area (Å²) < 4.78 is 5.47. The first kappa shape index (κ1) is 15.9. The first-order chi connectivity index (χ1) is 10.1. The van der Waals surface area contributed by atoms with Gasteiger partial charge in [-0.25, -0.2) is 0 Å². The van der Waals surface area contributed by atoms with Crippen LogP contribution in [-0.4, -0.2) is 20.2 Å². The third kappa shape index (κ3) is 4.48. The van der Waals surface area contributed by atoms with Crippen molar-refractivity contribution in [2.24, 2.45) is 0 Å². The number of hydrogen-bond donors (Lipinski definition) is 1. The van der Waals surface area contributed by atoms with E-state index in [4.69, 9.17) is 16.3 Å². The van der Waals surface area contributed by atoms with Gasteiger partial charge in [0.15, 0.2) is 0 Å². The molecule has 0 aromatic heterocycles. The summed E-state index contributed by atoms with van der Waals surface area (Å²) in [5.74, 6) is 0.956. The van der Waals surface area contributed by atoms with Gasteiger partial charge in [0.25, 0.3) is 0 Å². The third-order valence-corrected chi connectivity index (χ3v) is 3.96. The highest BCUT2D eigenvalue weighted by atomic mass is 35.5. The maximum absolute atomic E-state index is 5.94. The molecule has 1 unspecified atom stereocenters. The minimum atomic E-state index is 0.363. The van der Waals surface area contributed by atoms with Gasteiger partial charge in [-0.05, 0) is 56.1 Å². The van der Waals surface area contributed by atoms with Crippen LogP contribution in [0.2, 0.25) is 5.02 Å². The number of nitrogens with one attached hydrogen (secondary N) is 1. The normalized spacial score (nSPS) is 12.2. The van der Waals surface area contributed by atoms with Crippen molar-refractivity contribution in [2.75, 3.05) is 14.2 Å². The molecule has 2 rings (SSSR count). The third-order valence-electron chi connectivity index (χ3n) is 3.71. The van der Waals surface area contributed by atoms with Crippen LogP contribution in [0, 0.1) is 6.92 Å². The topological polar surface area (TPSA) is 21.3 Å². The lowest BCUT2D eigenvalue weighted by Crippen LogP contribution is -2.30. The van der Waals surface area contributed by atoms with E-state index in [0.717, 1.165) is 23.6 Å². The van der Waals surface area contributed by atoms with E-state index in [2.05, 4.69) is 36.5 Å². The van der Waals surface area contributed by atoms with Gasteiger partial charge in [-0.15, -0.1) is 0 Å². The zero-order valence-corrected chi connectivity index (χ0v) is 13.6. The van der Waals surface area contributed by atoms with Gasteiger partial charge in [0.2, 0.25) is 0 Å².